The van der Waals surface area contributed by atoms with Crippen LogP contribution in [0.5, 0.6) is 0 Å². The molecule has 138 valence electrons. The lowest BCUT2D eigenvalue weighted by atomic mass is 10.2. The average Bonchev–Trinajstić information content (AvgIpc) is 3.40. The van der Waals surface area contributed by atoms with Crippen molar-refractivity contribution in [2.24, 2.45) is 5.92 Å². The maximum absolute atomic E-state index is 12.4. The van der Waals surface area contributed by atoms with Gasteiger partial charge in [-0.1, -0.05) is 17.3 Å². The summed E-state index contributed by atoms with van der Waals surface area (Å²) in [6.45, 7) is 3.44. The van der Waals surface area contributed by atoms with Crippen molar-refractivity contribution in [2.75, 3.05) is 6.61 Å². The van der Waals surface area contributed by atoms with E-state index < -0.39 is 5.97 Å². The monoisotopic (exact) mass is 375 g/mol. The summed E-state index contributed by atoms with van der Waals surface area (Å²) in [5.41, 5.74) is 0.414. The van der Waals surface area contributed by atoms with Gasteiger partial charge in [-0.2, -0.15) is 4.98 Å². The minimum absolute atomic E-state index is 0.127. The molecule has 1 atom stereocenters. The number of amides is 1. The summed E-state index contributed by atoms with van der Waals surface area (Å²) < 4.78 is 10.2. The molecule has 0 radical (unpaired) electrons. The van der Waals surface area contributed by atoms with E-state index >= 15 is 0 Å². The van der Waals surface area contributed by atoms with Crippen LogP contribution in [0.3, 0.4) is 0 Å². The van der Waals surface area contributed by atoms with Crippen LogP contribution < -0.4 is 5.32 Å². The van der Waals surface area contributed by atoms with Gasteiger partial charge in [-0.3, -0.25) is 4.79 Å². The van der Waals surface area contributed by atoms with Crippen LogP contribution in [0.4, 0.5) is 0 Å². The van der Waals surface area contributed by atoms with Crippen molar-refractivity contribution < 1.29 is 18.8 Å². The summed E-state index contributed by atoms with van der Waals surface area (Å²) >= 11 is 1.40. The molecule has 1 aromatic heterocycles. The summed E-state index contributed by atoms with van der Waals surface area (Å²) in [5.74, 6) is 1.27. The third-order valence-electron chi connectivity index (χ3n) is 4.08. The van der Waals surface area contributed by atoms with E-state index in [1.165, 1.54) is 11.8 Å². The second-order valence-corrected chi connectivity index (χ2v) is 7.31. The molecule has 1 fully saturated rings. The molecular formula is C18H21N3O4S. The molecule has 2 aromatic rings. The summed E-state index contributed by atoms with van der Waals surface area (Å²) in [6.07, 6.45) is 2.29. The number of thioether (sulfide) groups is 1. The topological polar surface area (TPSA) is 94.3 Å². The van der Waals surface area contributed by atoms with Crippen LogP contribution in [0.1, 0.15) is 41.8 Å². The number of rotatable bonds is 8. The van der Waals surface area contributed by atoms with Gasteiger partial charge in [-0.25, -0.2) is 4.79 Å². The Morgan fingerprint density at radius 3 is 2.85 bits per heavy atom. The highest BCUT2D eigenvalue weighted by molar-refractivity contribution is 7.98. The second-order valence-electron chi connectivity index (χ2n) is 6.29. The Morgan fingerprint density at radius 2 is 2.15 bits per heavy atom. The first-order chi connectivity index (χ1) is 12.5. The quantitative estimate of drug-likeness (QED) is 0.560. The van der Waals surface area contributed by atoms with Crippen LogP contribution in [0.2, 0.25) is 0 Å². The highest BCUT2D eigenvalue weighted by Crippen LogP contribution is 2.32. The van der Waals surface area contributed by atoms with Gasteiger partial charge in [0.25, 0.3) is 5.91 Å². The van der Waals surface area contributed by atoms with Crippen molar-refractivity contribution in [1.82, 2.24) is 15.5 Å². The van der Waals surface area contributed by atoms with Gasteiger partial charge in [0.15, 0.2) is 12.4 Å². The zero-order chi connectivity index (χ0) is 18.5. The lowest BCUT2D eigenvalue weighted by molar-refractivity contribution is -0.125. The van der Waals surface area contributed by atoms with Gasteiger partial charge in [-0.05, 0) is 44.7 Å². The molecule has 0 spiro atoms. The first-order valence-electron chi connectivity index (χ1n) is 8.50. The molecule has 1 heterocycles. The average molecular weight is 375 g/mol. The van der Waals surface area contributed by atoms with Crippen LogP contribution in [-0.2, 0) is 15.3 Å². The van der Waals surface area contributed by atoms with Crippen molar-refractivity contribution in [3.63, 3.8) is 0 Å². The first-order valence-corrected chi connectivity index (χ1v) is 9.49. The van der Waals surface area contributed by atoms with Gasteiger partial charge in [0, 0.05) is 10.9 Å². The number of carbonyl (C=O) groups is 2. The van der Waals surface area contributed by atoms with Crippen LogP contribution in [0, 0.1) is 12.8 Å². The molecule has 26 heavy (non-hydrogen) atoms. The zero-order valence-electron chi connectivity index (χ0n) is 14.7. The van der Waals surface area contributed by atoms with Gasteiger partial charge < -0.3 is 14.6 Å². The van der Waals surface area contributed by atoms with E-state index in [1.807, 2.05) is 19.1 Å². The maximum Gasteiger partial charge on any atom is 0.339 e. The summed E-state index contributed by atoms with van der Waals surface area (Å²) in [6, 6.07) is 7.21. The molecule has 1 aliphatic carbocycles. The minimum atomic E-state index is -0.524. The van der Waals surface area contributed by atoms with Crippen LogP contribution >= 0.6 is 11.8 Å². The number of nitrogens with one attached hydrogen (secondary N) is 1. The highest BCUT2D eigenvalue weighted by atomic mass is 32.2. The molecular weight excluding hydrogens is 354 g/mol. The molecule has 1 saturated carbocycles. The van der Waals surface area contributed by atoms with Gasteiger partial charge >= 0.3 is 5.97 Å². The normalized spacial score (nSPS) is 14.7. The molecule has 3 rings (SSSR count). The zero-order valence-corrected chi connectivity index (χ0v) is 15.5. The Labute approximate surface area is 155 Å². The maximum atomic E-state index is 12.4. The van der Waals surface area contributed by atoms with E-state index in [4.69, 9.17) is 9.26 Å². The molecule has 1 N–H and O–H groups in total. The van der Waals surface area contributed by atoms with E-state index in [0.29, 0.717) is 28.9 Å². The number of nitrogens with zero attached hydrogens (tertiary/aromatic N) is 2. The minimum Gasteiger partial charge on any atom is -0.452 e. The number of hydrogen-bond donors (Lipinski definition) is 1. The van der Waals surface area contributed by atoms with Crippen molar-refractivity contribution in [3.05, 3.63) is 41.5 Å². The number of hydrogen-bond acceptors (Lipinski definition) is 7. The third kappa shape index (κ3) is 5.08. The van der Waals surface area contributed by atoms with Crippen molar-refractivity contribution in [3.8, 4) is 0 Å². The second kappa shape index (κ2) is 8.35. The van der Waals surface area contributed by atoms with Crippen LogP contribution in [0.15, 0.2) is 33.7 Å². The standard InChI is InChI=1S/C18H21N3O4S/c1-11(13-7-8-13)19-16(22)9-24-18(23)14-5-3-4-6-15(14)26-10-17-20-12(2)21-25-17/h3-6,11,13H,7-10H2,1-2H3,(H,19,22). The predicted molar refractivity (Wildman–Crippen MR) is 95.6 cm³/mol. The largest absolute Gasteiger partial charge is 0.452 e. The van der Waals surface area contributed by atoms with Crippen LogP contribution in [-0.4, -0.2) is 34.7 Å². The predicted octanol–water partition coefficient (Wildman–Crippen LogP) is 2.74. The fourth-order valence-electron chi connectivity index (χ4n) is 2.52. The molecule has 0 bridgehead atoms. The summed E-state index contributed by atoms with van der Waals surface area (Å²) in [7, 11) is 0. The molecule has 1 unspecified atom stereocenters. The Balaban J connectivity index is 1.54. The van der Waals surface area contributed by atoms with Crippen LogP contribution in [0.25, 0.3) is 0 Å². The van der Waals surface area contributed by atoms with Gasteiger partial charge in [0.2, 0.25) is 5.89 Å². The molecule has 7 nitrogen and oxygen atoms in total. The summed E-state index contributed by atoms with van der Waals surface area (Å²) in [4.78, 5) is 29.1. The summed E-state index contributed by atoms with van der Waals surface area (Å²) in [5, 5.41) is 6.60. The van der Waals surface area contributed by atoms with Gasteiger partial charge in [-0.15, -0.1) is 11.8 Å². The van der Waals surface area contributed by atoms with E-state index in [2.05, 4.69) is 15.5 Å². The SMILES string of the molecule is Cc1noc(CSc2ccccc2C(=O)OCC(=O)NC(C)C2CC2)n1. The number of ether oxygens (including phenoxy) is 1. The van der Waals surface area contributed by atoms with E-state index in [9.17, 15) is 9.59 Å². The lowest BCUT2D eigenvalue weighted by Crippen LogP contribution is -2.37. The molecule has 0 saturated heterocycles. The fourth-order valence-corrected chi connectivity index (χ4v) is 3.40. The third-order valence-corrected chi connectivity index (χ3v) is 5.14. The van der Waals surface area contributed by atoms with Crippen molar-refractivity contribution in [2.45, 2.75) is 43.4 Å². The van der Waals surface area contributed by atoms with E-state index in [-0.39, 0.29) is 18.6 Å². The fraction of sp³-hybridized carbons (Fsp3) is 0.444. The van der Waals surface area contributed by atoms with Crippen molar-refractivity contribution >= 4 is 23.6 Å². The molecule has 0 aliphatic heterocycles. The van der Waals surface area contributed by atoms with E-state index in [0.717, 1.165) is 17.7 Å². The number of aromatic nitrogens is 2. The highest BCUT2D eigenvalue weighted by Gasteiger charge is 2.29. The lowest BCUT2D eigenvalue weighted by Gasteiger charge is -2.13. The molecule has 1 aliphatic rings. The molecule has 1 amide bonds. The Morgan fingerprint density at radius 1 is 1.38 bits per heavy atom. The Bertz CT molecular complexity index is 788. The number of esters is 1. The van der Waals surface area contributed by atoms with E-state index in [1.54, 1.807) is 19.1 Å². The van der Waals surface area contributed by atoms with Gasteiger partial charge in [0.05, 0.1) is 11.3 Å². The molecule has 1 aromatic carbocycles. The number of benzene rings is 1. The van der Waals surface area contributed by atoms with Crippen molar-refractivity contribution in [1.29, 1.82) is 0 Å². The molecule has 8 heteroatoms. The Kier molecular flexibility index (Phi) is 5.92. The Hall–Kier alpha value is -2.35. The first kappa shape index (κ1) is 18.4. The number of carbonyl (C=O) groups excluding carboxylic acids is 2. The van der Waals surface area contributed by atoms with Gasteiger partial charge in [0.1, 0.15) is 0 Å². The number of aryl methyl sites for hydroxylation is 1. The smallest absolute Gasteiger partial charge is 0.339 e.